The molecule has 0 aliphatic heterocycles. The minimum absolute atomic E-state index is 0.0672. The molecule has 3 rings (SSSR count). The predicted octanol–water partition coefficient (Wildman–Crippen LogP) is 8.73. The van der Waals surface area contributed by atoms with Crippen molar-refractivity contribution < 1.29 is 4.79 Å². The third-order valence-electron chi connectivity index (χ3n) is 5.71. The average Bonchev–Trinajstić information content (AvgIpc) is 3.25. The van der Waals surface area contributed by atoms with Gasteiger partial charge in [-0.1, -0.05) is 137 Å². The molecule has 0 bridgehead atoms. The molecule has 32 heavy (non-hydrogen) atoms. The van der Waals surface area contributed by atoms with Crippen molar-refractivity contribution in [2.75, 3.05) is 5.32 Å². The molecule has 3 aromatic rings. The summed E-state index contributed by atoms with van der Waals surface area (Å²) in [6.07, 6.45) is 13.3. The maximum absolute atomic E-state index is 12.5. The van der Waals surface area contributed by atoms with Crippen LogP contribution in [0.1, 0.15) is 77.6 Å². The van der Waals surface area contributed by atoms with E-state index in [1.807, 2.05) is 36.4 Å². The van der Waals surface area contributed by atoms with E-state index < -0.39 is 0 Å². The molecule has 0 spiro atoms. The van der Waals surface area contributed by atoms with E-state index in [0.29, 0.717) is 11.6 Å². The number of thiazole rings is 1. The number of rotatable bonds is 14. The summed E-state index contributed by atoms with van der Waals surface area (Å²) in [7, 11) is 0. The number of aromatic nitrogens is 1. The van der Waals surface area contributed by atoms with Crippen LogP contribution in [0, 0.1) is 0 Å². The molecule has 0 aliphatic rings. The molecule has 0 saturated carbocycles. The first-order valence-corrected chi connectivity index (χ1v) is 13.0. The number of hydrogen-bond donors (Lipinski definition) is 1. The van der Waals surface area contributed by atoms with E-state index >= 15 is 0 Å². The molecular weight excluding hydrogens is 412 g/mol. The molecule has 3 nitrogen and oxygen atoms in total. The molecule has 1 heterocycles. The largest absolute Gasteiger partial charge is 0.302 e. The molecule has 0 unspecified atom stereocenters. The highest BCUT2D eigenvalue weighted by Crippen LogP contribution is 2.38. The Kier molecular flexibility index (Phi) is 10.5. The van der Waals surface area contributed by atoms with Crippen molar-refractivity contribution in [3.8, 4) is 21.7 Å². The van der Waals surface area contributed by atoms with Crippen LogP contribution in [-0.4, -0.2) is 10.9 Å². The monoisotopic (exact) mass is 448 g/mol. The van der Waals surface area contributed by atoms with Gasteiger partial charge in [0, 0.05) is 12.0 Å². The van der Waals surface area contributed by atoms with Crippen LogP contribution in [0.4, 0.5) is 5.13 Å². The van der Waals surface area contributed by atoms with Gasteiger partial charge in [-0.05, 0) is 12.0 Å². The molecule has 0 saturated heterocycles. The summed E-state index contributed by atoms with van der Waals surface area (Å²) in [5.41, 5.74) is 3.12. The van der Waals surface area contributed by atoms with Crippen LogP contribution in [-0.2, 0) is 4.79 Å². The zero-order valence-electron chi connectivity index (χ0n) is 19.3. The molecule has 1 amide bonds. The normalized spacial score (nSPS) is 10.9. The van der Waals surface area contributed by atoms with E-state index in [0.717, 1.165) is 34.5 Å². The summed E-state index contributed by atoms with van der Waals surface area (Å²) in [4.78, 5) is 18.4. The standard InChI is InChI=1S/C28H36N2OS/c1-2-3-4-5-6-7-8-9-10-17-22-25(31)29-28-30-26(23-18-13-11-14-19-23)27(32-28)24-20-15-12-16-21-24/h11-16,18-21H,2-10,17,22H2,1H3,(H,29,30,31). The van der Waals surface area contributed by atoms with Gasteiger partial charge in [-0.3, -0.25) is 4.79 Å². The van der Waals surface area contributed by atoms with Gasteiger partial charge >= 0.3 is 0 Å². The Balaban J connectivity index is 1.47. The third-order valence-corrected chi connectivity index (χ3v) is 6.73. The maximum Gasteiger partial charge on any atom is 0.226 e. The van der Waals surface area contributed by atoms with Gasteiger partial charge in [-0.2, -0.15) is 0 Å². The van der Waals surface area contributed by atoms with Crippen LogP contribution in [0.2, 0.25) is 0 Å². The van der Waals surface area contributed by atoms with Crippen LogP contribution in [0.5, 0.6) is 0 Å². The summed E-state index contributed by atoms with van der Waals surface area (Å²) in [6.45, 7) is 2.26. The fourth-order valence-electron chi connectivity index (χ4n) is 3.91. The first kappa shape index (κ1) is 24.2. The molecule has 0 fully saturated rings. The van der Waals surface area contributed by atoms with Crippen LogP contribution < -0.4 is 5.32 Å². The lowest BCUT2D eigenvalue weighted by Crippen LogP contribution is -2.10. The van der Waals surface area contributed by atoms with Crippen LogP contribution in [0.3, 0.4) is 0 Å². The Morgan fingerprint density at radius 3 is 1.88 bits per heavy atom. The van der Waals surface area contributed by atoms with E-state index in [1.54, 1.807) is 11.3 Å². The van der Waals surface area contributed by atoms with Crippen molar-refractivity contribution in [1.29, 1.82) is 0 Å². The number of nitrogens with zero attached hydrogens (tertiary/aromatic N) is 1. The zero-order valence-corrected chi connectivity index (χ0v) is 20.1. The minimum atomic E-state index is 0.0672. The van der Waals surface area contributed by atoms with Crippen LogP contribution in [0.25, 0.3) is 21.7 Å². The Bertz CT molecular complexity index is 864. The van der Waals surface area contributed by atoms with Gasteiger partial charge in [-0.15, -0.1) is 0 Å². The maximum atomic E-state index is 12.5. The lowest BCUT2D eigenvalue weighted by Gasteiger charge is -2.03. The van der Waals surface area contributed by atoms with Gasteiger partial charge < -0.3 is 5.32 Å². The smallest absolute Gasteiger partial charge is 0.226 e. The van der Waals surface area contributed by atoms with Gasteiger partial charge in [0.05, 0.1) is 10.6 Å². The summed E-state index contributed by atoms with van der Waals surface area (Å²) in [6, 6.07) is 20.5. The van der Waals surface area contributed by atoms with Gasteiger partial charge in [0.1, 0.15) is 0 Å². The van der Waals surface area contributed by atoms with Gasteiger partial charge in [-0.25, -0.2) is 4.98 Å². The summed E-state index contributed by atoms with van der Waals surface area (Å²) >= 11 is 1.55. The summed E-state index contributed by atoms with van der Waals surface area (Å²) in [5, 5.41) is 3.72. The lowest BCUT2D eigenvalue weighted by atomic mass is 10.1. The zero-order chi connectivity index (χ0) is 22.4. The number of anilines is 1. The third kappa shape index (κ3) is 7.90. The second-order valence-electron chi connectivity index (χ2n) is 8.41. The van der Waals surface area contributed by atoms with Crippen molar-refractivity contribution >= 4 is 22.4 Å². The lowest BCUT2D eigenvalue weighted by molar-refractivity contribution is -0.116. The SMILES string of the molecule is CCCCCCCCCCCCC(=O)Nc1nc(-c2ccccc2)c(-c2ccccc2)s1. The quantitative estimate of drug-likeness (QED) is 0.250. The number of benzene rings is 2. The van der Waals surface area contributed by atoms with Crippen molar-refractivity contribution in [3.05, 3.63) is 60.7 Å². The number of unbranched alkanes of at least 4 members (excludes halogenated alkanes) is 9. The summed E-state index contributed by atoms with van der Waals surface area (Å²) in [5.74, 6) is 0.0672. The van der Waals surface area contributed by atoms with Crippen molar-refractivity contribution in [3.63, 3.8) is 0 Å². The molecule has 4 heteroatoms. The molecule has 1 aromatic heterocycles. The number of carbonyl (C=O) groups excluding carboxylic acids is 1. The van der Waals surface area contributed by atoms with E-state index in [1.165, 1.54) is 51.4 Å². The highest BCUT2D eigenvalue weighted by molar-refractivity contribution is 7.19. The number of nitrogens with one attached hydrogen (secondary N) is 1. The molecule has 2 aromatic carbocycles. The van der Waals surface area contributed by atoms with Gasteiger partial charge in [0.2, 0.25) is 5.91 Å². The highest BCUT2D eigenvalue weighted by Gasteiger charge is 2.16. The molecule has 0 radical (unpaired) electrons. The van der Waals surface area contributed by atoms with Crippen LogP contribution >= 0.6 is 11.3 Å². The molecule has 0 atom stereocenters. The fourth-order valence-corrected chi connectivity index (χ4v) is 4.91. The number of hydrogen-bond acceptors (Lipinski definition) is 3. The molecule has 0 aliphatic carbocycles. The topological polar surface area (TPSA) is 42.0 Å². The van der Waals surface area contributed by atoms with E-state index in [9.17, 15) is 4.79 Å². The van der Waals surface area contributed by atoms with Crippen LogP contribution in [0.15, 0.2) is 60.7 Å². The van der Waals surface area contributed by atoms with E-state index in [2.05, 4.69) is 36.5 Å². The second-order valence-corrected chi connectivity index (χ2v) is 9.41. The summed E-state index contributed by atoms with van der Waals surface area (Å²) < 4.78 is 0. The predicted molar refractivity (Wildman–Crippen MR) is 138 cm³/mol. The van der Waals surface area contributed by atoms with Crippen molar-refractivity contribution in [1.82, 2.24) is 4.98 Å². The number of amides is 1. The average molecular weight is 449 g/mol. The Morgan fingerprint density at radius 1 is 0.750 bits per heavy atom. The Hall–Kier alpha value is -2.46. The molecule has 1 N–H and O–H groups in total. The minimum Gasteiger partial charge on any atom is -0.302 e. The van der Waals surface area contributed by atoms with E-state index in [4.69, 9.17) is 4.98 Å². The van der Waals surface area contributed by atoms with Gasteiger partial charge in [0.25, 0.3) is 0 Å². The second kappa shape index (κ2) is 13.8. The van der Waals surface area contributed by atoms with Gasteiger partial charge in [0.15, 0.2) is 5.13 Å². The number of carbonyl (C=O) groups is 1. The Morgan fingerprint density at radius 2 is 1.28 bits per heavy atom. The fraction of sp³-hybridized carbons (Fsp3) is 0.429. The van der Waals surface area contributed by atoms with E-state index in [-0.39, 0.29) is 5.91 Å². The Labute approximate surface area is 197 Å². The first-order valence-electron chi connectivity index (χ1n) is 12.2. The van der Waals surface area contributed by atoms with Crippen molar-refractivity contribution in [2.45, 2.75) is 77.6 Å². The highest BCUT2D eigenvalue weighted by atomic mass is 32.1. The molecular formula is C28H36N2OS. The molecule has 170 valence electrons. The van der Waals surface area contributed by atoms with Crippen molar-refractivity contribution in [2.24, 2.45) is 0 Å². The first-order chi connectivity index (χ1) is 15.8.